The average molecular weight is 1010 g/mol. The molecule has 0 saturated heterocycles. The standard InChI is InChI=1S/C61H44N3.Ir/c1-4-14-48(15-5-1)49-29-31-50(32-30-49)58-41-53(59-22-12-13-37-62-59)33-34-57(58)56-21-11-10-20-55(56)54-39-46(25-23-44-27-35-60(63-42-44)51-16-6-2-7-17-51)38-47(40-54)26-24-45-28-36-61(64-43-45)52-18-8-3-9-19-52;/h1-16,18,20-22,27-32,34-43H,23-26H2;/q-3;+3. The minimum Gasteiger partial charge on any atom is -0.305 e. The van der Waals surface area contributed by atoms with Crippen LogP contribution in [-0.2, 0) is 45.8 Å². The van der Waals surface area contributed by atoms with E-state index >= 15 is 0 Å². The normalized spacial score (nSPS) is 10.9. The SMILES string of the molecule is [Ir+3].[c-]1ccccc1-c1ccc(CCc2cc(CCc3ccc(-c4[c-]cccc4)nc3)cc(-c3ccccc3-c3c[c-]c(-c4ccccn4)cc3-c3ccc(-c4ccccc4)cc3)c2)cn1. The molecule has 0 bridgehead atoms. The van der Waals surface area contributed by atoms with Crippen LogP contribution >= 0.6 is 0 Å². The molecule has 0 atom stereocenters. The van der Waals surface area contributed by atoms with Crippen molar-refractivity contribution >= 4 is 0 Å². The molecule has 0 spiro atoms. The van der Waals surface area contributed by atoms with E-state index in [-0.39, 0.29) is 20.1 Å². The fourth-order valence-electron chi connectivity index (χ4n) is 8.42. The van der Waals surface area contributed by atoms with Crippen LogP contribution in [0.15, 0.2) is 219 Å². The van der Waals surface area contributed by atoms with Gasteiger partial charge in [0.2, 0.25) is 0 Å². The van der Waals surface area contributed by atoms with Gasteiger partial charge in [-0.3, -0.25) is 0 Å². The maximum atomic E-state index is 4.81. The molecule has 3 aromatic heterocycles. The number of aromatic nitrogens is 3. The van der Waals surface area contributed by atoms with E-state index in [1.807, 2.05) is 73.2 Å². The third-order valence-corrected chi connectivity index (χ3v) is 11.8. The van der Waals surface area contributed by atoms with E-state index in [2.05, 4.69) is 164 Å². The molecular weight excluding hydrogens is 967 g/mol. The van der Waals surface area contributed by atoms with Crippen LogP contribution in [-0.4, -0.2) is 15.0 Å². The molecule has 0 N–H and O–H groups in total. The van der Waals surface area contributed by atoms with Gasteiger partial charge in [0, 0.05) is 18.6 Å². The molecule has 4 heteroatoms. The molecular formula is C61H44IrN3. The van der Waals surface area contributed by atoms with Gasteiger partial charge in [0.1, 0.15) is 0 Å². The Hall–Kier alpha value is -7.36. The van der Waals surface area contributed by atoms with Crippen molar-refractivity contribution in [3.63, 3.8) is 0 Å². The monoisotopic (exact) mass is 1010 g/mol. The van der Waals surface area contributed by atoms with Gasteiger partial charge in [-0.1, -0.05) is 150 Å². The third kappa shape index (κ3) is 10.2. The van der Waals surface area contributed by atoms with Crippen molar-refractivity contribution < 1.29 is 20.1 Å². The van der Waals surface area contributed by atoms with E-state index in [1.54, 1.807) is 0 Å². The first kappa shape index (κ1) is 42.9. The van der Waals surface area contributed by atoms with Crippen molar-refractivity contribution in [3.8, 4) is 78.3 Å². The second-order valence-electron chi connectivity index (χ2n) is 16.1. The molecule has 0 aliphatic carbocycles. The Bertz CT molecular complexity index is 2990. The second kappa shape index (κ2) is 20.4. The Kier molecular flexibility index (Phi) is 13.5. The van der Waals surface area contributed by atoms with Gasteiger partial charge in [0.25, 0.3) is 0 Å². The molecule has 0 fully saturated rings. The smallest absolute Gasteiger partial charge is 0.305 e. The van der Waals surface area contributed by atoms with E-state index < -0.39 is 0 Å². The fourth-order valence-corrected chi connectivity index (χ4v) is 8.42. The van der Waals surface area contributed by atoms with Gasteiger partial charge in [-0.05, 0) is 98.9 Å². The fraction of sp³-hybridized carbons (Fsp3) is 0.0656. The van der Waals surface area contributed by atoms with Crippen LogP contribution in [0.1, 0.15) is 22.3 Å². The average Bonchev–Trinajstić information content (AvgIpc) is 3.38. The van der Waals surface area contributed by atoms with Crippen molar-refractivity contribution in [2.24, 2.45) is 0 Å². The van der Waals surface area contributed by atoms with Crippen molar-refractivity contribution in [1.82, 2.24) is 15.0 Å². The summed E-state index contributed by atoms with van der Waals surface area (Å²) in [6.07, 6.45) is 9.40. The van der Waals surface area contributed by atoms with Crippen LogP contribution in [0.2, 0.25) is 0 Å². The molecule has 3 nitrogen and oxygen atoms in total. The van der Waals surface area contributed by atoms with Gasteiger partial charge < -0.3 is 15.0 Å². The van der Waals surface area contributed by atoms with Crippen LogP contribution < -0.4 is 0 Å². The van der Waals surface area contributed by atoms with Crippen LogP contribution in [0.3, 0.4) is 0 Å². The summed E-state index contributed by atoms with van der Waals surface area (Å²) in [5.41, 5.74) is 20.1. The van der Waals surface area contributed by atoms with Crippen molar-refractivity contribution in [2.45, 2.75) is 25.7 Å². The van der Waals surface area contributed by atoms with E-state index in [0.29, 0.717) is 0 Å². The molecule has 65 heavy (non-hydrogen) atoms. The van der Waals surface area contributed by atoms with E-state index in [4.69, 9.17) is 15.0 Å². The number of pyridine rings is 3. The molecule has 10 rings (SSSR count). The first-order valence-electron chi connectivity index (χ1n) is 21.9. The van der Waals surface area contributed by atoms with E-state index in [0.717, 1.165) is 81.7 Å². The molecule has 0 saturated carbocycles. The summed E-state index contributed by atoms with van der Waals surface area (Å²) >= 11 is 0. The molecule has 0 aliphatic heterocycles. The Labute approximate surface area is 396 Å². The Morgan fingerprint density at radius 2 is 0.862 bits per heavy atom. The first-order chi connectivity index (χ1) is 31.7. The zero-order valence-corrected chi connectivity index (χ0v) is 38.2. The summed E-state index contributed by atoms with van der Waals surface area (Å²) < 4.78 is 0. The summed E-state index contributed by atoms with van der Waals surface area (Å²) in [5, 5.41) is 0. The number of aryl methyl sites for hydroxylation is 4. The maximum Gasteiger partial charge on any atom is 3.00 e. The van der Waals surface area contributed by atoms with Gasteiger partial charge in [0.05, 0.1) is 0 Å². The summed E-state index contributed by atoms with van der Waals surface area (Å²) in [7, 11) is 0. The van der Waals surface area contributed by atoms with Crippen LogP contribution in [0.5, 0.6) is 0 Å². The maximum absolute atomic E-state index is 4.81. The molecule has 312 valence electrons. The summed E-state index contributed by atoms with van der Waals surface area (Å²) in [6, 6.07) is 80.7. The summed E-state index contributed by atoms with van der Waals surface area (Å²) in [6.45, 7) is 0. The van der Waals surface area contributed by atoms with E-state index in [1.165, 1.54) is 44.5 Å². The van der Waals surface area contributed by atoms with Gasteiger partial charge in [0.15, 0.2) is 0 Å². The predicted molar refractivity (Wildman–Crippen MR) is 262 cm³/mol. The van der Waals surface area contributed by atoms with Crippen molar-refractivity contribution in [3.05, 3.63) is 259 Å². The predicted octanol–water partition coefficient (Wildman–Crippen LogP) is 14.5. The molecule has 0 amide bonds. The molecule has 3 heterocycles. The van der Waals surface area contributed by atoms with Crippen LogP contribution in [0, 0.1) is 18.2 Å². The van der Waals surface area contributed by atoms with Crippen molar-refractivity contribution in [2.75, 3.05) is 0 Å². The Morgan fingerprint density at radius 1 is 0.323 bits per heavy atom. The van der Waals surface area contributed by atoms with Gasteiger partial charge in [-0.25, -0.2) is 0 Å². The number of hydrogen-bond donors (Lipinski definition) is 0. The molecule has 10 aromatic rings. The second-order valence-corrected chi connectivity index (χ2v) is 16.1. The van der Waals surface area contributed by atoms with Crippen LogP contribution in [0.4, 0.5) is 0 Å². The number of nitrogens with zero attached hydrogens (tertiary/aromatic N) is 3. The number of rotatable bonds is 13. The minimum atomic E-state index is 0. The molecule has 0 aliphatic rings. The largest absolute Gasteiger partial charge is 3.00 e. The minimum absolute atomic E-state index is 0. The molecule has 0 radical (unpaired) electrons. The summed E-state index contributed by atoms with van der Waals surface area (Å²) in [5.74, 6) is 0. The first-order valence-corrected chi connectivity index (χ1v) is 21.9. The molecule has 7 aromatic carbocycles. The van der Waals surface area contributed by atoms with Crippen molar-refractivity contribution in [1.29, 1.82) is 0 Å². The number of hydrogen-bond acceptors (Lipinski definition) is 3. The number of benzene rings is 7. The van der Waals surface area contributed by atoms with Crippen LogP contribution in [0.25, 0.3) is 78.3 Å². The third-order valence-electron chi connectivity index (χ3n) is 11.8. The van der Waals surface area contributed by atoms with Gasteiger partial charge >= 0.3 is 20.1 Å². The Balaban J connectivity index is 0.00000533. The quantitative estimate of drug-likeness (QED) is 0.108. The zero-order valence-electron chi connectivity index (χ0n) is 35.8. The zero-order chi connectivity index (χ0) is 42.9. The Morgan fingerprint density at radius 3 is 1.43 bits per heavy atom. The van der Waals surface area contributed by atoms with E-state index in [9.17, 15) is 0 Å². The summed E-state index contributed by atoms with van der Waals surface area (Å²) in [4.78, 5) is 14.3. The van der Waals surface area contributed by atoms with Gasteiger partial charge in [-0.2, -0.15) is 0 Å². The van der Waals surface area contributed by atoms with Gasteiger partial charge in [-0.15, -0.1) is 95.6 Å². The topological polar surface area (TPSA) is 38.7 Å². The molecule has 0 unspecified atom stereocenters.